The molecule has 1 aliphatic rings. The topological polar surface area (TPSA) is 37.6 Å². The Kier molecular flexibility index (Phi) is 4.17. The van der Waals surface area contributed by atoms with E-state index in [4.69, 9.17) is 0 Å². The molecule has 3 aromatic rings. The second-order valence-corrected chi connectivity index (χ2v) is 7.78. The van der Waals surface area contributed by atoms with Crippen LogP contribution in [-0.2, 0) is 6.54 Å². The summed E-state index contributed by atoms with van der Waals surface area (Å²) in [6.07, 6.45) is 2.55. The van der Waals surface area contributed by atoms with Crippen LogP contribution in [-0.4, -0.2) is 24.6 Å². The summed E-state index contributed by atoms with van der Waals surface area (Å²) in [5.74, 6) is 0.545. The molecule has 4 nitrogen and oxygen atoms in total. The molecule has 1 aromatic heterocycles. The molecule has 1 amide bonds. The van der Waals surface area contributed by atoms with Crippen LogP contribution in [0.15, 0.2) is 53.5 Å². The Hall–Kier alpha value is -2.40. The predicted octanol–water partition coefficient (Wildman–Crippen LogP) is 3.92. The van der Waals surface area contributed by atoms with Crippen molar-refractivity contribution in [2.75, 3.05) is 19.0 Å². The maximum atomic E-state index is 12.7. The summed E-state index contributed by atoms with van der Waals surface area (Å²) >= 11 is 1.59. The Labute approximate surface area is 151 Å². The molecular formula is C20H21N3OS. The number of rotatable bonds is 4. The molecule has 1 heterocycles. The smallest absolute Gasteiger partial charge is 0.279 e. The van der Waals surface area contributed by atoms with Crippen molar-refractivity contribution in [2.45, 2.75) is 19.4 Å². The quantitative estimate of drug-likeness (QED) is 0.714. The van der Waals surface area contributed by atoms with E-state index in [1.54, 1.807) is 11.3 Å². The lowest BCUT2D eigenvalue weighted by Crippen LogP contribution is -2.18. The zero-order valence-corrected chi connectivity index (χ0v) is 15.3. The van der Waals surface area contributed by atoms with Crippen LogP contribution < -0.4 is 9.70 Å². The van der Waals surface area contributed by atoms with Gasteiger partial charge < -0.3 is 9.47 Å². The third kappa shape index (κ3) is 3.37. The van der Waals surface area contributed by atoms with E-state index in [9.17, 15) is 4.79 Å². The van der Waals surface area contributed by atoms with Crippen LogP contribution in [0.2, 0.25) is 0 Å². The molecule has 0 N–H and O–H groups in total. The van der Waals surface area contributed by atoms with Gasteiger partial charge in [-0.1, -0.05) is 29.5 Å². The van der Waals surface area contributed by atoms with Gasteiger partial charge in [0.1, 0.15) is 0 Å². The molecule has 1 aliphatic carbocycles. The molecule has 2 aromatic carbocycles. The van der Waals surface area contributed by atoms with Crippen LogP contribution in [0.25, 0.3) is 10.2 Å². The molecule has 1 fully saturated rings. The number of carbonyl (C=O) groups is 1. The van der Waals surface area contributed by atoms with Gasteiger partial charge in [-0.25, -0.2) is 0 Å². The average Bonchev–Trinajstić information content (AvgIpc) is 3.37. The highest BCUT2D eigenvalue weighted by Crippen LogP contribution is 2.31. The van der Waals surface area contributed by atoms with E-state index in [0.717, 1.165) is 23.0 Å². The van der Waals surface area contributed by atoms with Gasteiger partial charge >= 0.3 is 0 Å². The van der Waals surface area contributed by atoms with Crippen molar-refractivity contribution in [2.24, 2.45) is 10.9 Å². The van der Waals surface area contributed by atoms with Gasteiger partial charge in [0.25, 0.3) is 5.91 Å². The third-order valence-corrected chi connectivity index (χ3v) is 5.59. The summed E-state index contributed by atoms with van der Waals surface area (Å²) < 4.78 is 3.39. The fraction of sp³-hybridized carbons (Fsp3) is 0.300. The second-order valence-electron chi connectivity index (χ2n) is 6.77. The SMILES string of the molecule is CN(C)c1cccc(C(=O)/N=c2\sc3ccccc3n2CC2CC2)c1. The van der Waals surface area contributed by atoms with Crippen molar-refractivity contribution in [3.63, 3.8) is 0 Å². The van der Waals surface area contributed by atoms with Crippen molar-refractivity contribution in [3.05, 3.63) is 58.9 Å². The molecule has 0 atom stereocenters. The number of amides is 1. The zero-order chi connectivity index (χ0) is 17.4. The van der Waals surface area contributed by atoms with Gasteiger partial charge in [0, 0.05) is 31.9 Å². The van der Waals surface area contributed by atoms with Gasteiger partial charge in [0.2, 0.25) is 0 Å². The highest BCUT2D eigenvalue weighted by atomic mass is 32.1. The molecule has 0 aliphatic heterocycles. The maximum Gasteiger partial charge on any atom is 0.279 e. The molecule has 0 spiro atoms. The summed E-state index contributed by atoms with van der Waals surface area (Å²) in [6, 6.07) is 15.9. The first-order valence-corrected chi connectivity index (χ1v) is 9.38. The van der Waals surface area contributed by atoms with E-state index in [0.29, 0.717) is 5.56 Å². The van der Waals surface area contributed by atoms with E-state index < -0.39 is 0 Å². The van der Waals surface area contributed by atoms with Gasteiger partial charge in [-0.15, -0.1) is 0 Å². The van der Waals surface area contributed by atoms with Gasteiger partial charge in [-0.05, 0) is 49.1 Å². The van der Waals surface area contributed by atoms with Crippen molar-refractivity contribution in [3.8, 4) is 0 Å². The number of thiazole rings is 1. The van der Waals surface area contributed by atoms with Gasteiger partial charge in [0.15, 0.2) is 4.80 Å². The molecule has 0 bridgehead atoms. The molecule has 4 rings (SSSR count). The van der Waals surface area contributed by atoms with E-state index >= 15 is 0 Å². The number of carbonyl (C=O) groups excluding carboxylic acids is 1. The second kappa shape index (κ2) is 6.48. The monoisotopic (exact) mass is 351 g/mol. The molecule has 25 heavy (non-hydrogen) atoms. The van der Waals surface area contributed by atoms with Crippen LogP contribution in [0, 0.1) is 5.92 Å². The molecular weight excluding hydrogens is 330 g/mol. The summed E-state index contributed by atoms with van der Waals surface area (Å²) in [6.45, 7) is 0.952. The molecule has 0 unspecified atom stereocenters. The molecule has 0 saturated heterocycles. The van der Waals surface area contributed by atoms with Crippen molar-refractivity contribution >= 4 is 33.1 Å². The largest absolute Gasteiger partial charge is 0.378 e. The Balaban J connectivity index is 1.77. The number of hydrogen-bond donors (Lipinski definition) is 0. The number of anilines is 1. The lowest BCUT2D eigenvalue weighted by Gasteiger charge is -2.12. The van der Waals surface area contributed by atoms with E-state index in [2.05, 4.69) is 21.7 Å². The first-order chi connectivity index (χ1) is 12.1. The first kappa shape index (κ1) is 16.1. The number of benzene rings is 2. The Morgan fingerprint density at radius 1 is 1.20 bits per heavy atom. The predicted molar refractivity (Wildman–Crippen MR) is 103 cm³/mol. The minimum atomic E-state index is -0.181. The average molecular weight is 351 g/mol. The normalized spacial score (nSPS) is 14.9. The number of nitrogens with zero attached hydrogens (tertiary/aromatic N) is 3. The number of hydrogen-bond acceptors (Lipinski definition) is 3. The molecule has 1 saturated carbocycles. The highest BCUT2D eigenvalue weighted by molar-refractivity contribution is 7.16. The number of fused-ring (bicyclic) bond motifs is 1. The van der Waals surface area contributed by atoms with Gasteiger partial charge in [-0.3, -0.25) is 4.79 Å². The van der Waals surface area contributed by atoms with E-state index in [1.807, 2.05) is 55.4 Å². The molecule has 128 valence electrons. The summed E-state index contributed by atoms with van der Waals surface area (Å²) in [7, 11) is 3.94. The van der Waals surface area contributed by atoms with E-state index in [1.165, 1.54) is 23.1 Å². The summed E-state index contributed by atoms with van der Waals surface area (Å²) in [5, 5.41) is 0. The standard InChI is InChI=1S/C20H21N3OS/c1-22(2)16-7-5-6-15(12-16)19(24)21-20-23(13-14-10-11-14)17-8-3-4-9-18(17)25-20/h3-9,12,14H,10-11,13H2,1-2H3/b21-20-. The van der Waals surface area contributed by atoms with Crippen LogP contribution in [0.5, 0.6) is 0 Å². The first-order valence-electron chi connectivity index (χ1n) is 8.56. The molecule has 5 heteroatoms. The van der Waals surface area contributed by atoms with Crippen LogP contribution in [0.4, 0.5) is 5.69 Å². The summed E-state index contributed by atoms with van der Waals surface area (Å²) in [5.41, 5.74) is 2.80. The van der Waals surface area contributed by atoms with Crippen LogP contribution >= 0.6 is 11.3 Å². The van der Waals surface area contributed by atoms with Crippen molar-refractivity contribution < 1.29 is 4.79 Å². The lowest BCUT2D eigenvalue weighted by atomic mass is 10.2. The minimum Gasteiger partial charge on any atom is -0.378 e. The lowest BCUT2D eigenvalue weighted by molar-refractivity contribution is 0.0998. The van der Waals surface area contributed by atoms with E-state index in [-0.39, 0.29) is 5.91 Å². The Morgan fingerprint density at radius 3 is 2.76 bits per heavy atom. The van der Waals surface area contributed by atoms with Crippen LogP contribution in [0.3, 0.4) is 0 Å². The number of aromatic nitrogens is 1. The third-order valence-electron chi connectivity index (χ3n) is 4.53. The fourth-order valence-corrected chi connectivity index (χ4v) is 3.95. The number of para-hydroxylation sites is 1. The van der Waals surface area contributed by atoms with Gasteiger partial charge in [0.05, 0.1) is 10.2 Å². The molecule has 0 radical (unpaired) electrons. The van der Waals surface area contributed by atoms with Gasteiger partial charge in [-0.2, -0.15) is 4.99 Å². The van der Waals surface area contributed by atoms with Crippen molar-refractivity contribution in [1.82, 2.24) is 4.57 Å². The highest BCUT2D eigenvalue weighted by Gasteiger charge is 2.23. The Morgan fingerprint density at radius 2 is 2.00 bits per heavy atom. The Bertz CT molecular complexity index is 995. The fourth-order valence-electron chi connectivity index (χ4n) is 2.91. The minimum absolute atomic E-state index is 0.181. The van der Waals surface area contributed by atoms with Crippen LogP contribution in [0.1, 0.15) is 23.2 Å². The zero-order valence-electron chi connectivity index (χ0n) is 14.5. The van der Waals surface area contributed by atoms with Crippen molar-refractivity contribution in [1.29, 1.82) is 0 Å². The maximum absolute atomic E-state index is 12.7. The summed E-state index contributed by atoms with van der Waals surface area (Å²) in [4.78, 5) is 20.0.